The molecule has 0 spiro atoms. The molecule has 0 aromatic heterocycles. The molecule has 22 heavy (non-hydrogen) atoms. The van der Waals surface area contributed by atoms with Gasteiger partial charge in [0.1, 0.15) is 0 Å². The summed E-state index contributed by atoms with van der Waals surface area (Å²) in [6, 6.07) is 12.2. The molecule has 2 N–H and O–H groups in total. The summed E-state index contributed by atoms with van der Waals surface area (Å²) in [5, 5.41) is 16.1. The molecule has 2 amide bonds. The van der Waals surface area contributed by atoms with E-state index in [0.717, 1.165) is 0 Å². The van der Waals surface area contributed by atoms with Crippen LogP contribution in [0, 0.1) is 0 Å². The van der Waals surface area contributed by atoms with E-state index in [1.165, 1.54) is 31.2 Å². The van der Waals surface area contributed by atoms with Gasteiger partial charge in [0.25, 0.3) is 5.91 Å². The molecule has 0 radical (unpaired) electrons. The van der Waals surface area contributed by atoms with Crippen LogP contribution in [-0.2, 0) is 4.79 Å². The average Bonchev–Trinajstić information content (AvgIpc) is 2.47. The van der Waals surface area contributed by atoms with Gasteiger partial charge in [-0.15, -0.1) is 0 Å². The first kappa shape index (κ1) is 15.2. The van der Waals surface area contributed by atoms with Crippen LogP contribution in [0.15, 0.2) is 48.5 Å². The van der Waals surface area contributed by atoms with Crippen LogP contribution in [0.2, 0.25) is 0 Å². The summed E-state index contributed by atoms with van der Waals surface area (Å²) in [7, 11) is 0. The van der Waals surface area contributed by atoms with Gasteiger partial charge in [-0.1, -0.05) is 18.2 Å². The van der Waals surface area contributed by atoms with Crippen LogP contribution in [0.25, 0.3) is 0 Å². The number of hydrogen-bond acceptors (Lipinski definition) is 4. The van der Waals surface area contributed by atoms with Gasteiger partial charge in [-0.2, -0.15) is 0 Å². The molecule has 0 heterocycles. The molecule has 2 aromatic carbocycles. The van der Waals surface area contributed by atoms with Crippen LogP contribution in [0.3, 0.4) is 0 Å². The highest BCUT2D eigenvalue weighted by Gasteiger charge is 2.09. The molecule has 0 aliphatic heterocycles. The van der Waals surface area contributed by atoms with E-state index in [9.17, 15) is 19.5 Å². The largest absolute Gasteiger partial charge is 0.545 e. The molecular weight excluding hydrogens is 284 g/mol. The first-order valence-electron chi connectivity index (χ1n) is 6.47. The van der Waals surface area contributed by atoms with Gasteiger partial charge in [-0.3, -0.25) is 9.59 Å². The SMILES string of the molecule is CC(=O)Nc1ccc(C(=O)Nc2ccccc2C(=O)[O-])cc1. The van der Waals surface area contributed by atoms with Crippen LogP contribution < -0.4 is 15.7 Å². The molecular formula is C16H13N2O4-. The Morgan fingerprint density at radius 2 is 1.55 bits per heavy atom. The minimum atomic E-state index is -1.36. The Bertz CT molecular complexity index is 723. The molecule has 0 aliphatic rings. The van der Waals surface area contributed by atoms with E-state index in [0.29, 0.717) is 11.3 Å². The Morgan fingerprint density at radius 3 is 2.14 bits per heavy atom. The third kappa shape index (κ3) is 3.69. The second kappa shape index (κ2) is 6.53. The first-order chi connectivity index (χ1) is 10.5. The van der Waals surface area contributed by atoms with E-state index >= 15 is 0 Å². The van der Waals surface area contributed by atoms with Crippen molar-refractivity contribution in [2.24, 2.45) is 0 Å². The minimum Gasteiger partial charge on any atom is -0.545 e. The molecule has 0 unspecified atom stereocenters. The standard InChI is InChI=1S/C16H14N2O4/c1-10(19)17-12-8-6-11(7-9-12)15(20)18-14-5-3-2-4-13(14)16(21)22/h2-9H,1H3,(H,17,19)(H,18,20)(H,21,22)/p-1. The number of rotatable bonds is 4. The van der Waals surface area contributed by atoms with Crippen molar-refractivity contribution in [2.45, 2.75) is 6.92 Å². The molecule has 0 atom stereocenters. The molecule has 112 valence electrons. The lowest BCUT2D eigenvalue weighted by Crippen LogP contribution is -2.24. The van der Waals surface area contributed by atoms with Crippen molar-refractivity contribution in [1.82, 2.24) is 0 Å². The van der Waals surface area contributed by atoms with Gasteiger partial charge < -0.3 is 20.5 Å². The fourth-order valence-electron chi connectivity index (χ4n) is 1.87. The van der Waals surface area contributed by atoms with E-state index in [1.807, 2.05) is 0 Å². The highest BCUT2D eigenvalue weighted by molar-refractivity contribution is 6.07. The molecule has 0 saturated heterocycles. The Hall–Kier alpha value is -3.15. The van der Waals surface area contributed by atoms with E-state index in [4.69, 9.17) is 0 Å². The number of benzene rings is 2. The maximum atomic E-state index is 12.1. The second-order valence-electron chi connectivity index (χ2n) is 4.55. The first-order valence-corrected chi connectivity index (χ1v) is 6.47. The summed E-state index contributed by atoms with van der Waals surface area (Å²) >= 11 is 0. The molecule has 0 aliphatic carbocycles. The maximum absolute atomic E-state index is 12.1. The Morgan fingerprint density at radius 1 is 0.909 bits per heavy atom. The van der Waals surface area contributed by atoms with Gasteiger partial charge in [-0.05, 0) is 30.3 Å². The normalized spacial score (nSPS) is 9.86. The summed E-state index contributed by atoms with van der Waals surface area (Å²) in [4.78, 5) is 34.0. The number of carboxylic acids is 1. The van der Waals surface area contributed by atoms with Gasteiger partial charge in [0.05, 0.1) is 11.7 Å². The van der Waals surface area contributed by atoms with Gasteiger partial charge in [0.15, 0.2) is 0 Å². The highest BCUT2D eigenvalue weighted by atomic mass is 16.4. The zero-order chi connectivity index (χ0) is 16.1. The van der Waals surface area contributed by atoms with Gasteiger partial charge in [0.2, 0.25) is 5.91 Å². The van der Waals surface area contributed by atoms with Crippen LogP contribution in [-0.4, -0.2) is 17.8 Å². The smallest absolute Gasteiger partial charge is 0.255 e. The molecule has 6 heteroatoms. The maximum Gasteiger partial charge on any atom is 0.255 e. The number of carbonyl (C=O) groups is 3. The van der Waals surface area contributed by atoms with Gasteiger partial charge in [-0.25, -0.2) is 0 Å². The van der Waals surface area contributed by atoms with Crippen molar-refractivity contribution in [3.8, 4) is 0 Å². The Labute approximate surface area is 126 Å². The van der Waals surface area contributed by atoms with Crippen molar-refractivity contribution < 1.29 is 19.5 Å². The van der Waals surface area contributed by atoms with Crippen LogP contribution in [0.5, 0.6) is 0 Å². The van der Waals surface area contributed by atoms with Crippen molar-refractivity contribution in [1.29, 1.82) is 0 Å². The zero-order valence-electron chi connectivity index (χ0n) is 11.8. The van der Waals surface area contributed by atoms with Crippen LogP contribution in [0.1, 0.15) is 27.6 Å². The third-order valence-electron chi connectivity index (χ3n) is 2.86. The van der Waals surface area contributed by atoms with Crippen molar-refractivity contribution >= 4 is 29.2 Å². The van der Waals surface area contributed by atoms with Crippen molar-refractivity contribution in [3.05, 3.63) is 59.7 Å². The third-order valence-corrected chi connectivity index (χ3v) is 2.86. The Kier molecular flexibility index (Phi) is 4.53. The quantitative estimate of drug-likeness (QED) is 0.887. The van der Waals surface area contributed by atoms with Crippen LogP contribution >= 0.6 is 0 Å². The number of para-hydroxylation sites is 1. The summed E-state index contributed by atoms with van der Waals surface area (Å²) < 4.78 is 0. The number of amides is 2. The molecule has 2 aromatic rings. The fourth-order valence-corrected chi connectivity index (χ4v) is 1.87. The zero-order valence-corrected chi connectivity index (χ0v) is 11.8. The van der Waals surface area contributed by atoms with Crippen LogP contribution in [0.4, 0.5) is 11.4 Å². The summed E-state index contributed by atoms with van der Waals surface area (Å²) in [6.07, 6.45) is 0. The van der Waals surface area contributed by atoms with E-state index in [1.54, 1.807) is 24.3 Å². The summed E-state index contributed by atoms with van der Waals surface area (Å²) in [5.74, 6) is -2.03. The molecule has 0 saturated carbocycles. The molecule has 0 fully saturated rings. The topological polar surface area (TPSA) is 98.3 Å². The summed E-state index contributed by atoms with van der Waals surface area (Å²) in [6.45, 7) is 1.39. The average molecular weight is 297 g/mol. The van der Waals surface area contributed by atoms with E-state index < -0.39 is 11.9 Å². The number of anilines is 2. The monoisotopic (exact) mass is 297 g/mol. The van der Waals surface area contributed by atoms with E-state index in [-0.39, 0.29) is 17.2 Å². The molecule has 6 nitrogen and oxygen atoms in total. The number of carboxylic acid groups (broad SMARTS) is 1. The fraction of sp³-hybridized carbons (Fsp3) is 0.0625. The second-order valence-corrected chi connectivity index (χ2v) is 4.55. The predicted molar refractivity (Wildman–Crippen MR) is 79.5 cm³/mol. The summed E-state index contributed by atoms with van der Waals surface area (Å²) in [5.41, 5.74) is 0.977. The lowest BCUT2D eigenvalue weighted by molar-refractivity contribution is -0.254. The van der Waals surface area contributed by atoms with Crippen molar-refractivity contribution in [3.63, 3.8) is 0 Å². The molecule has 0 bridgehead atoms. The number of carbonyl (C=O) groups excluding carboxylic acids is 3. The van der Waals surface area contributed by atoms with Gasteiger partial charge >= 0.3 is 0 Å². The lowest BCUT2D eigenvalue weighted by atomic mass is 10.1. The van der Waals surface area contributed by atoms with Crippen molar-refractivity contribution in [2.75, 3.05) is 10.6 Å². The van der Waals surface area contributed by atoms with Gasteiger partial charge in [0, 0.05) is 23.7 Å². The van der Waals surface area contributed by atoms with E-state index in [2.05, 4.69) is 10.6 Å². The number of aromatic carboxylic acids is 1. The number of nitrogens with one attached hydrogen (secondary N) is 2. The lowest BCUT2D eigenvalue weighted by Gasteiger charge is -2.11. The molecule has 2 rings (SSSR count). The minimum absolute atomic E-state index is 0.0919. The predicted octanol–water partition coefficient (Wildman–Crippen LogP) is 1.26. The highest BCUT2D eigenvalue weighted by Crippen LogP contribution is 2.16. The number of hydrogen-bond donors (Lipinski definition) is 2. The Balaban J connectivity index is 2.16.